The van der Waals surface area contributed by atoms with E-state index in [0.717, 1.165) is 37.0 Å². The van der Waals surface area contributed by atoms with Crippen LogP contribution < -0.4 is 5.32 Å². The zero-order valence-corrected chi connectivity index (χ0v) is 13.6. The molecule has 3 rings (SSSR count). The summed E-state index contributed by atoms with van der Waals surface area (Å²) in [6, 6.07) is 5.98. The Morgan fingerprint density at radius 2 is 2.09 bits per heavy atom. The summed E-state index contributed by atoms with van der Waals surface area (Å²) in [6.45, 7) is 6.74. The number of aryl methyl sites for hydroxylation is 2. The first kappa shape index (κ1) is 15.1. The van der Waals surface area contributed by atoms with Crippen LogP contribution in [0.2, 0.25) is 0 Å². The fraction of sp³-hybridized carbons (Fsp3) is 0.500. The molecular formula is C18H24N2O2. The van der Waals surface area contributed by atoms with E-state index in [9.17, 15) is 4.79 Å². The van der Waals surface area contributed by atoms with Crippen molar-refractivity contribution in [2.45, 2.75) is 26.7 Å². The Bertz CT molecular complexity index is 649. The summed E-state index contributed by atoms with van der Waals surface area (Å²) < 4.78 is 5.81. The molecule has 22 heavy (non-hydrogen) atoms. The van der Waals surface area contributed by atoms with Crippen LogP contribution in [0.25, 0.3) is 11.0 Å². The quantitative estimate of drug-likeness (QED) is 0.947. The molecule has 4 nitrogen and oxygen atoms in total. The number of benzene rings is 1. The fourth-order valence-corrected chi connectivity index (χ4v) is 3.27. The van der Waals surface area contributed by atoms with Crippen molar-refractivity contribution in [2.75, 3.05) is 26.7 Å². The maximum Gasteiger partial charge on any atom is 0.289 e. The largest absolute Gasteiger partial charge is 0.451 e. The van der Waals surface area contributed by atoms with Crippen LogP contribution in [0.1, 0.15) is 34.5 Å². The van der Waals surface area contributed by atoms with E-state index in [-0.39, 0.29) is 5.91 Å². The molecule has 1 atom stereocenters. The predicted molar refractivity (Wildman–Crippen MR) is 88.2 cm³/mol. The van der Waals surface area contributed by atoms with Gasteiger partial charge in [-0.1, -0.05) is 0 Å². The van der Waals surface area contributed by atoms with E-state index in [1.165, 1.54) is 17.5 Å². The maximum absolute atomic E-state index is 12.7. The van der Waals surface area contributed by atoms with Crippen LogP contribution in [0, 0.1) is 19.8 Å². The molecule has 0 aliphatic carbocycles. The van der Waals surface area contributed by atoms with Crippen molar-refractivity contribution in [2.24, 2.45) is 5.92 Å². The molecule has 1 amide bonds. The Kier molecular flexibility index (Phi) is 4.21. The van der Waals surface area contributed by atoms with Gasteiger partial charge in [0.2, 0.25) is 0 Å². The van der Waals surface area contributed by atoms with E-state index >= 15 is 0 Å². The highest BCUT2D eigenvalue weighted by atomic mass is 16.3. The molecule has 2 aromatic rings. The van der Waals surface area contributed by atoms with Gasteiger partial charge in [0.1, 0.15) is 5.58 Å². The van der Waals surface area contributed by atoms with E-state index in [1.54, 1.807) is 0 Å². The van der Waals surface area contributed by atoms with E-state index in [0.29, 0.717) is 11.7 Å². The summed E-state index contributed by atoms with van der Waals surface area (Å²) in [5.74, 6) is 1.02. The van der Waals surface area contributed by atoms with Gasteiger partial charge in [-0.15, -0.1) is 0 Å². The van der Waals surface area contributed by atoms with Crippen LogP contribution in [0.3, 0.4) is 0 Å². The second kappa shape index (κ2) is 6.13. The molecule has 118 valence electrons. The summed E-state index contributed by atoms with van der Waals surface area (Å²) in [5.41, 5.74) is 3.21. The minimum atomic E-state index is 0.0207. The minimum Gasteiger partial charge on any atom is -0.451 e. The molecular weight excluding hydrogens is 276 g/mol. The van der Waals surface area contributed by atoms with Crippen molar-refractivity contribution in [1.82, 2.24) is 10.2 Å². The number of hydrogen-bond acceptors (Lipinski definition) is 3. The molecule has 0 unspecified atom stereocenters. The van der Waals surface area contributed by atoms with Gasteiger partial charge in [0.15, 0.2) is 5.76 Å². The highest BCUT2D eigenvalue weighted by Gasteiger charge is 2.26. The molecule has 0 spiro atoms. The molecule has 2 heterocycles. The molecule has 1 N–H and O–H groups in total. The second-order valence-corrected chi connectivity index (χ2v) is 6.40. The average Bonchev–Trinajstić information content (AvgIpc) is 2.90. The fourth-order valence-electron chi connectivity index (χ4n) is 3.27. The minimum absolute atomic E-state index is 0.0207. The van der Waals surface area contributed by atoms with Crippen LogP contribution in [0.5, 0.6) is 0 Å². The van der Waals surface area contributed by atoms with Crippen molar-refractivity contribution in [3.05, 3.63) is 35.1 Å². The zero-order valence-electron chi connectivity index (χ0n) is 13.6. The highest BCUT2D eigenvalue weighted by molar-refractivity contribution is 5.96. The molecule has 1 aromatic heterocycles. The van der Waals surface area contributed by atoms with Gasteiger partial charge in [-0.05, 0) is 75.5 Å². The average molecular weight is 300 g/mol. The number of rotatable bonds is 3. The van der Waals surface area contributed by atoms with Crippen LogP contribution >= 0.6 is 0 Å². The third-order valence-corrected chi connectivity index (χ3v) is 4.64. The third kappa shape index (κ3) is 2.88. The molecule has 1 fully saturated rings. The van der Waals surface area contributed by atoms with E-state index < -0.39 is 0 Å². The van der Waals surface area contributed by atoms with E-state index in [4.69, 9.17) is 4.42 Å². The molecule has 1 aromatic carbocycles. The highest BCUT2D eigenvalue weighted by Crippen LogP contribution is 2.25. The number of carbonyl (C=O) groups is 1. The monoisotopic (exact) mass is 300 g/mol. The molecule has 1 aliphatic heterocycles. The third-order valence-electron chi connectivity index (χ3n) is 4.64. The lowest BCUT2D eigenvalue weighted by Gasteiger charge is -2.32. The Labute approximate surface area is 131 Å². The second-order valence-electron chi connectivity index (χ2n) is 6.40. The molecule has 1 saturated heterocycles. The molecule has 0 saturated carbocycles. The smallest absolute Gasteiger partial charge is 0.289 e. The lowest BCUT2D eigenvalue weighted by Crippen LogP contribution is -2.42. The number of amides is 1. The van der Waals surface area contributed by atoms with Gasteiger partial charge in [0, 0.05) is 18.5 Å². The number of nitrogens with zero attached hydrogens (tertiary/aromatic N) is 1. The summed E-state index contributed by atoms with van der Waals surface area (Å²) in [6.07, 6.45) is 2.25. The Morgan fingerprint density at radius 1 is 1.32 bits per heavy atom. The van der Waals surface area contributed by atoms with E-state index in [1.807, 2.05) is 24.1 Å². The number of fused-ring (bicyclic) bond motifs is 1. The SMILES string of the molecule is CNC[C@@H]1CCCN(C(=O)c2cc3cc(C)c(C)cc3o2)C1. The Hall–Kier alpha value is -1.81. The number of nitrogens with one attached hydrogen (secondary N) is 1. The lowest BCUT2D eigenvalue weighted by atomic mass is 9.98. The van der Waals surface area contributed by atoms with Gasteiger partial charge in [-0.2, -0.15) is 0 Å². The van der Waals surface area contributed by atoms with Gasteiger partial charge in [-0.3, -0.25) is 4.79 Å². The summed E-state index contributed by atoms with van der Waals surface area (Å²) in [5, 5.41) is 4.22. The number of likely N-dealkylation sites (tertiary alicyclic amines) is 1. The van der Waals surface area contributed by atoms with Gasteiger partial charge >= 0.3 is 0 Å². The summed E-state index contributed by atoms with van der Waals surface area (Å²) in [4.78, 5) is 14.6. The first-order chi connectivity index (χ1) is 10.6. The topological polar surface area (TPSA) is 45.5 Å². The Balaban J connectivity index is 1.82. The normalized spacial score (nSPS) is 18.9. The lowest BCUT2D eigenvalue weighted by molar-refractivity contribution is 0.0644. The standard InChI is InChI=1S/C18H24N2O2/c1-12-7-15-9-17(22-16(15)8-13(12)2)18(21)20-6-4-5-14(11-20)10-19-3/h7-9,14,19H,4-6,10-11H2,1-3H3/t14-/m0/s1. The number of furan rings is 1. The number of piperidine rings is 1. The van der Waals surface area contributed by atoms with Gasteiger partial charge in [0.05, 0.1) is 0 Å². The molecule has 1 aliphatic rings. The number of hydrogen-bond donors (Lipinski definition) is 1. The van der Waals surface area contributed by atoms with Crippen LogP contribution in [-0.4, -0.2) is 37.5 Å². The van der Waals surface area contributed by atoms with Crippen molar-refractivity contribution < 1.29 is 9.21 Å². The van der Waals surface area contributed by atoms with Crippen molar-refractivity contribution in [1.29, 1.82) is 0 Å². The van der Waals surface area contributed by atoms with E-state index in [2.05, 4.69) is 25.2 Å². The summed E-state index contributed by atoms with van der Waals surface area (Å²) >= 11 is 0. The van der Waals surface area contributed by atoms with Crippen molar-refractivity contribution >= 4 is 16.9 Å². The van der Waals surface area contributed by atoms with Gasteiger partial charge < -0.3 is 14.6 Å². The van der Waals surface area contributed by atoms with Gasteiger partial charge in [0.25, 0.3) is 5.91 Å². The first-order valence-corrected chi connectivity index (χ1v) is 8.03. The van der Waals surface area contributed by atoms with Crippen molar-refractivity contribution in [3.63, 3.8) is 0 Å². The predicted octanol–water partition coefficient (Wildman–Crippen LogP) is 3.12. The Morgan fingerprint density at radius 3 is 2.86 bits per heavy atom. The van der Waals surface area contributed by atoms with Crippen LogP contribution in [-0.2, 0) is 0 Å². The zero-order chi connectivity index (χ0) is 15.7. The first-order valence-electron chi connectivity index (χ1n) is 8.03. The molecule has 0 radical (unpaired) electrons. The summed E-state index contributed by atoms with van der Waals surface area (Å²) in [7, 11) is 1.96. The van der Waals surface area contributed by atoms with Crippen molar-refractivity contribution in [3.8, 4) is 0 Å². The van der Waals surface area contributed by atoms with Gasteiger partial charge in [-0.25, -0.2) is 0 Å². The maximum atomic E-state index is 12.7. The van der Waals surface area contributed by atoms with Crippen LogP contribution in [0.4, 0.5) is 0 Å². The molecule has 4 heteroatoms. The van der Waals surface area contributed by atoms with Crippen LogP contribution in [0.15, 0.2) is 22.6 Å². The molecule has 0 bridgehead atoms. The number of carbonyl (C=O) groups excluding carboxylic acids is 1.